The van der Waals surface area contributed by atoms with Crippen LogP contribution in [0, 0.1) is 0 Å². The van der Waals surface area contributed by atoms with Gasteiger partial charge in [-0.05, 0) is 19.3 Å². The first-order chi connectivity index (χ1) is 6.43. The van der Waals surface area contributed by atoms with Gasteiger partial charge in [0.15, 0.2) is 0 Å². The topological polar surface area (TPSA) is 46.0 Å². The minimum atomic E-state index is 0.311. The molecule has 0 aliphatic rings. The zero-order valence-electron chi connectivity index (χ0n) is 7.82. The molecule has 1 aromatic heterocycles. The highest BCUT2D eigenvalue weighted by Crippen LogP contribution is 2.03. The quantitative estimate of drug-likeness (QED) is 0.676. The summed E-state index contributed by atoms with van der Waals surface area (Å²) in [6.45, 7) is 0.311. The average Bonchev–Trinajstić information content (AvgIpc) is 2.19. The van der Waals surface area contributed by atoms with Crippen molar-refractivity contribution in [1.82, 2.24) is 9.97 Å². The molecule has 0 spiro atoms. The maximum Gasteiger partial charge on any atom is 0.0586 e. The van der Waals surface area contributed by atoms with Crippen molar-refractivity contribution in [3.63, 3.8) is 0 Å². The molecule has 0 saturated carbocycles. The summed E-state index contributed by atoms with van der Waals surface area (Å²) < 4.78 is 0. The molecule has 0 bridgehead atoms. The van der Waals surface area contributed by atoms with E-state index in [0.717, 1.165) is 37.8 Å². The molecular formula is C10H16N2O. The minimum Gasteiger partial charge on any atom is -0.396 e. The zero-order valence-corrected chi connectivity index (χ0v) is 7.82. The fraction of sp³-hybridized carbons (Fsp3) is 0.600. The Morgan fingerprint density at radius 1 is 1.08 bits per heavy atom. The van der Waals surface area contributed by atoms with Crippen LogP contribution in [0.25, 0.3) is 0 Å². The van der Waals surface area contributed by atoms with E-state index in [9.17, 15) is 0 Å². The van der Waals surface area contributed by atoms with Crippen LogP contribution in [-0.4, -0.2) is 21.7 Å². The van der Waals surface area contributed by atoms with Crippen LogP contribution in [-0.2, 0) is 6.42 Å². The third kappa shape index (κ3) is 4.58. The van der Waals surface area contributed by atoms with Crippen LogP contribution in [0.15, 0.2) is 18.6 Å². The molecule has 0 radical (unpaired) electrons. The van der Waals surface area contributed by atoms with E-state index in [2.05, 4.69) is 9.97 Å². The second-order valence-electron chi connectivity index (χ2n) is 3.08. The summed E-state index contributed by atoms with van der Waals surface area (Å²) in [7, 11) is 0. The van der Waals surface area contributed by atoms with Crippen LogP contribution in [0.1, 0.15) is 31.4 Å². The van der Waals surface area contributed by atoms with E-state index in [1.807, 2.05) is 6.20 Å². The van der Waals surface area contributed by atoms with Crippen molar-refractivity contribution in [2.45, 2.75) is 32.1 Å². The van der Waals surface area contributed by atoms with E-state index >= 15 is 0 Å². The van der Waals surface area contributed by atoms with Crippen LogP contribution in [0.2, 0.25) is 0 Å². The fourth-order valence-electron chi connectivity index (χ4n) is 1.23. The first kappa shape index (κ1) is 10.1. The van der Waals surface area contributed by atoms with Crippen molar-refractivity contribution in [2.75, 3.05) is 6.61 Å². The van der Waals surface area contributed by atoms with E-state index in [-0.39, 0.29) is 0 Å². The minimum absolute atomic E-state index is 0.311. The van der Waals surface area contributed by atoms with Gasteiger partial charge in [-0.1, -0.05) is 12.8 Å². The molecule has 0 amide bonds. The Morgan fingerprint density at radius 3 is 2.62 bits per heavy atom. The molecule has 0 aromatic carbocycles. The van der Waals surface area contributed by atoms with Gasteiger partial charge in [-0.2, -0.15) is 0 Å². The molecule has 1 N–H and O–H groups in total. The van der Waals surface area contributed by atoms with Crippen LogP contribution in [0.5, 0.6) is 0 Å². The molecule has 1 aromatic rings. The molecule has 0 unspecified atom stereocenters. The molecule has 13 heavy (non-hydrogen) atoms. The van der Waals surface area contributed by atoms with Gasteiger partial charge in [0.25, 0.3) is 0 Å². The van der Waals surface area contributed by atoms with E-state index < -0.39 is 0 Å². The SMILES string of the molecule is OCCCCCCc1cnccn1. The van der Waals surface area contributed by atoms with Gasteiger partial charge in [-0.25, -0.2) is 0 Å². The molecule has 3 nitrogen and oxygen atoms in total. The van der Waals surface area contributed by atoms with Crippen molar-refractivity contribution in [3.05, 3.63) is 24.3 Å². The van der Waals surface area contributed by atoms with Gasteiger partial charge in [0.1, 0.15) is 0 Å². The fourth-order valence-corrected chi connectivity index (χ4v) is 1.23. The van der Waals surface area contributed by atoms with Crippen LogP contribution < -0.4 is 0 Å². The molecule has 0 saturated heterocycles. The number of aromatic nitrogens is 2. The predicted molar refractivity (Wildman–Crippen MR) is 51.3 cm³/mol. The van der Waals surface area contributed by atoms with Crippen molar-refractivity contribution in [3.8, 4) is 0 Å². The number of aryl methyl sites for hydroxylation is 1. The van der Waals surface area contributed by atoms with Crippen LogP contribution in [0.4, 0.5) is 0 Å². The van der Waals surface area contributed by atoms with Gasteiger partial charge >= 0.3 is 0 Å². The van der Waals surface area contributed by atoms with Gasteiger partial charge in [0, 0.05) is 25.2 Å². The second kappa shape index (κ2) is 6.54. The van der Waals surface area contributed by atoms with Gasteiger partial charge in [-0.15, -0.1) is 0 Å². The van der Waals surface area contributed by atoms with Gasteiger partial charge < -0.3 is 5.11 Å². The highest BCUT2D eigenvalue weighted by Gasteiger charge is 1.93. The Bertz CT molecular complexity index is 213. The third-order valence-electron chi connectivity index (χ3n) is 1.96. The predicted octanol–water partition coefficient (Wildman–Crippen LogP) is 1.57. The van der Waals surface area contributed by atoms with Gasteiger partial charge in [0.05, 0.1) is 5.69 Å². The summed E-state index contributed by atoms with van der Waals surface area (Å²) in [6, 6.07) is 0. The van der Waals surface area contributed by atoms with E-state index in [4.69, 9.17) is 5.11 Å². The number of nitrogens with zero attached hydrogens (tertiary/aromatic N) is 2. The molecule has 0 fully saturated rings. The van der Waals surface area contributed by atoms with Gasteiger partial charge in [0.2, 0.25) is 0 Å². The normalized spacial score (nSPS) is 10.2. The monoisotopic (exact) mass is 180 g/mol. The number of unbranched alkanes of at least 4 members (excludes halogenated alkanes) is 3. The summed E-state index contributed by atoms with van der Waals surface area (Å²) in [5.41, 5.74) is 1.06. The zero-order chi connectivity index (χ0) is 9.36. The highest BCUT2D eigenvalue weighted by atomic mass is 16.2. The van der Waals surface area contributed by atoms with E-state index in [0.29, 0.717) is 6.61 Å². The lowest BCUT2D eigenvalue weighted by molar-refractivity contribution is 0.282. The number of aliphatic hydroxyl groups excluding tert-OH is 1. The molecule has 72 valence electrons. The molecule has 0 aliphatic carbocycles. The smallest absolute Gasteiger partial charge is 0.0586 e. The maximum absolute atomic E-state index is 8.56. The summed E-state index contributed by atoms with van der Waals surface area (Å²) in [5, 5.41) is 8.56. The number of aliphatic hydroxyl groups is 1. The Labute approximate surface area is 78.9 Å². The summed E-state index contributed by atoms with van der Waals surface area (Å²) in [6.07, 6.45) is 10.6. The van der Waals surface area contributed by atoms with Crippen molar-refractivity contribution in [2.24, 2.45) is 0 Å². The maximum atomic E-state index is 8.56. The lowest BCUT2D eigenvalue weighted by atomic mass is 10.1. The Morgan fingerprint density at radius 2 is 1.92 bits per heavy atom. The lowest BCUT2D eigenvalue weighted by Crippen LogP contribution is -1.91. The first-order valence-electron chi connectivity index (χ1n) is 4.79. The largest absolute Gasteiger partial charge is 0.396 e. The van der Waals surface area contributed by atoms with E-state index in [1.165, 1.54) is 0 Å². The summed E-state index contributed by atoms with van der Waals surface area (Å²) in [5.74, 6) is 0. The molecule has 3 heteroatoms. The van der Waals surface area contributed by atoms with Crippen molar-refractivity contribution < 1.29 is 5.11 Å². The Hall–Kier alpha value is -0.960. The number of rotatable bonds is 6. The van der Waals surface area contributed by atoms with Crippen LogP contribution in [0.3, 0.4) is 0 Å². The lowest BCUT2D eigenvalue weighted by Gasteiger charge is -1.99. The van der Waals surface area contributed by atoms with Crippen molar-refractivity contribution >= 4 is 0 Å². The molecule has 0 atom stereocenters. The number of hydrogen-bond acceptors (Lipinski definition) is 3. The standard InChI is InChI=1S/C10H16N2O/c13-8-4-2-1-3-5-10-9-11-6-7-12-10/h6-7,9,13H,1-5,8H2. The molecule has 0 aliphatic heterocycles. The van der Waals surface area contributed by atoms with Crippen molar-refractivity contribution in [1.29, 1.82) is 0 Å². The Kier molecular flexibility index (Phi) is 5.10. The number of hydrogen-bond donors (Lipinski definition) is 1. The third-order valence-corrected chi connectivity index (χ3v) is 1.96. The first-order valence-corrected chi connectivity index (χ1v) is 4.79. The van der Waals surface area contributed by atoms with E-state index in [1.54, 1.807) is 12.4 Å². The second-order valence-corrected chi connectivity index (χ2v) is 3.08. The summed E-state index contributed by atoms with van der Waals surface area (Å²) in [4.78, 5) is 8.18. The van der Waals surface area contributed by atoms with Crippen LogP contribution >= 0.6 is 0 Å². The summed E-state index contributed by atoms with van der Waals surface area (Å²) >= 11 is 0. The molecular weight excluding hydrogens is 164 g/mol. The average molecular weight is 180 g/mol. The molecule has 1 heterocycles. The highest BCUT2D eigenvalue weighted by molar-refractivity contribution is 4.94. The Balaban J connectivity index is 2.07. The van der Waals surface area contributed by atoms with Gasteiger partial charge in [-0.3, -0.25) is 9.97 Å². The molecule has 1 rings (SSSR count).